The molecule has 0 aliphatic rings. The normalized spacial score (nSPS) is 12.7. The Kier molecular flexibility index (Phi) is 3.48. The van der Waals surface area contributed by atoms with E-state index in [2.05, 4.69) is 38.8 Å². The summed E-state index contributed by atoms with van der Waals surface area (Å²) in [6, 6.07) is 12.3. The number of benzene rings is 1. The van der Waals surface area contributed by atoms with Gasteiger partial charge in [0.25, 0.3) is 0 Å². The highest BCUT2D eigenvalue weighted by atomic mass is 15.1. The number of hydrogen-bond donors (Lipinski definition) is 1. The summed E-state index contributed by atoms with van der Waals surface area (Å²) in [7, 11) is 2.01. The van der Waals surface area contributed by atoms with E-state index in [0.29, 0.717) is 0 Å². The Morgan fingerprint density at radius 1 is 1.20 bits per heavy atom. The van der Waals surface area contributed by atoms with Crippen LogP contribution in [0.4, 0.5) is 0 Å². The van der Waals surface area contributed by atoms with Crippen molar-refractivity contribution in [2.75, 3.05) is 0 Å². The van der Waals surface area contributed by atoms with Crippen LogP contribution in [0.5, 0.6) is 0 Å². The van der Waals surface area contributed by atoms with Crippen LogP contribution < -0.4 is 5.73 Å². The molecular weight excluding hydrogens is 248 g/mol. The summed E-state index contributed by atoms with van der Waals surface area (Å²) in [4.78, 5) is 8.70. The largest absolute Gasteiger partial charge is 0.330 e. The molecule has 0 saturated carbocycles. The van der Waals surface area contributed by atoms with E-state index >= 15 is 0 Å². The lowest BCUT2D eigenvalue weighted by Crippen LogP contribution is -2.16. The van der Waals surface area contributed by atoms with Crippen molar-refractivity contribution in [3.05, 3.63) is 60.2 Å². The molecule has 0 aliphatic heterocycles. The molecule has 1 atom stereocenters. The molecule has 0 bridgehead atoms. The van der Waals surface area contributed by atoms with Crippen LogP contribution in [0.1, 0.15) is 23.9 Å². The van der Waals surface area contributed by atoms with Gasteiger partial charge in [-0.3, -0.25) is 4.98 Å². The van der Waals surface area contributed by atoms with E-state index in [1.165, 1.54) is 5.56 Å². The number of imidazole rings is 1. The maximum atomic E-state index is 6.30. The second-order valence-electron chi connectivity index (χ2n) is 5.02. The topological polar surface area (TPSA) is 56.7 Å². The number of rotatable bonds is 4. The van der Waals surface area contributed by atoms with Crippen LogP contribution in [0, 0.1) is 0 Å². The second-order valence-corrected chi connectivity index (χ2v) is 5.02. The van der Waals surface area contributed by atoms with Crippen molar-refractivity contribution in [1.82, 2.24) is 14.5 Å². The molecule has 3 aromatic rings. The summed E-state index contributed by atoms with van der Waals surface area (Å²) in [5.74, 6) is 0.920. The third kappa shape index (κ3) is 2.42. The van der Waals surface area contributed by atoms with Gasteiger partial charge in [-0.25, -0.2) is 4.98 Å². The molecule has 0 aliphatic carbocycles. The fourth-order valence-electron chi connectivity index (χ4n) is 2.50. The van der Waals surface area contributed by atoms with Crippen molar-refractivity contribution in [2.45, 2.75) is 18.9 Å². The Balaban J connectivity index is 1.79. The van der Waals surface area contributed by atoms with Crippen LogP contribution in [0.2, 0.25) is 0 Å². The third-order valence-corrected chi connectivity index (χ3v) is 3.64. The molecule has 20 heavy (non-hydrogen) atoms. The first kappa shape index (κ1) is 12.8. The van der Waals surface area contributed by atoms with E-state index in [4.69, 9.17) is 5.73 Å². The van der Waals surface area contributed by atoms with Gasteiger partial charge in [-0.15, -0.1) is 0 Å². The number of hydrogen-bond acceptors (Lipinski definition) is 3. The van der Waals surface area contributed by atoms with Gasteiger partial charge >= 0.3 is 0 Å². The molecule has 4 heteroatoms. The minimum absolute atomic E-state index is 0.0624. The Morgan fingerprint density at radius 3 is 2.75 bits per heavy atom. The number of nitrogens with zero attached hydrogens (tertiary/aromatic N) is 3. The molecule has 0 saturated heterocycles. The number of aromatic nitrogens is 3. The Labute approximate surface area is 118 Å². The maximum absolute atomic E-state index is 6.30. The molecule has 0 fully saturated rings. The van der Waals surface area contributed by atoms with E-state index in [1.807, 2.05) is 19.2 Å². The predicted octanol–water partition coefficient (Wildman–Crippen LogP) is 2.60. The van der Waals surface area contributed by atoms with E-state index in [1.54, 1.807) is 12.4 Å². The van der Waals surface area contributed by atoms with E-state index < -0.39 is 0 Å². The van der Waals surface area contributed by atoms with E-state index in [9.17, 15) is 0 Å². The van der Waals surface area contributed by atoms with Crippen LogP contribution in [-0.4, -0.2) is 14.5 Å². The first-order valence-electron chi connectivity index (χ1n) is 6.81. The first-order chi connectivity index (χ1) is 9.75. The van der Waals surface area contributed by atoms with E-state index in [-0.39, 0.29) is 6.04 Å². The molecule has 2 aromatic heterocycles. The van der Waals surface area contributed by atoms with Gasteiger partial charge in [0.15, 0.2) is 0 Å². The van der Waals surface area contributed by atoms with Gasteiger partial charge in [-0.2, -0.15) is 0 Å². The summed E-state index contributed by atoms with van der Waals surface area (Å²) >= 11 is 0. The lowest BCUT2D eigenvalue weighted by atomic mass is 10.1. The van der Waals surface area contributed by atoms with Gasteiger partial charge in [-0.1, -0.05) is 30.3 Å². The predicted molar refractivity (Wildman–Crippen MR) is 80.2 cm³/mol. The minimum atomic E-state index is -0.0624. The summed E-state index contributed by atoms with van der Waals surface area (Å²) in [5.41, 5.74) is 9.59. The maximum Gasteiger partial charge on any atom is 0.126 e. The molecular formula is C16H18N4. The van der Waals surface area contributed by atoms with Gasteiger partial charge in [-0.05, 0) is 24.5 Å². The van der Waals surface area contributed by atoms with Crippen molar-refractivity contribution >= 4 is 11.0 Å². The van der Waals surface area contributed by atoms with Gasteiger partial charge in [0.2, 0.25) is 0 Å². The third-order valence-electron chi connectivity index (χ3n) is 3.64. The van der Waals surface area contributed by atoms with Crippen LogP contribution >= 0.6 is 0 Å². The second kappa shape index (κ2) is 5.43. The van der Waals surface area contributed by atoms with Gasteiger partial charge in [0.1, 0.15) is 11.3 Å². The minimum Gasteiger partial charge on any atom is -0.330 e. The molecule has 0 spiro atoms. The quantitative estimate of drug-likeness (QED) is 0.789. The summed E-state index contributed by atoms with van der Waals surface area (Å²) in [6.07, 6.45) is 5.41. The average Bonchev–Trinajstić information content (AvgIpc) is 2.84. The number of aryl methyl sites for hydroxylation is 2. The molecule has 1 unspecified atom stereocenters. The van der Waals surface area contributed by atoms with Gasteiger partial charge in [0.05, 0.1) is 17.8 Å². The summed E-state index contributed by atoms with van der Waals surface area (Å²) in [5, 5.41) is 0. The molecule has 1 aromatic carbocycles. The molecule has 3 rings (SSSR count). The Bertz CT molecular complexity index is 703. The van der Waals surface area contributed by atoms with Crippen molar-refractivity contribution in [1.29, 1.82) is 0 Å². The molecule has 0 radical (unpaired) electrons. The van der Waals surface area contributed by atoms with Crippen LogP contribution in [0.3, 0.4) is 0 Å². The lowest BCUT2D eigenvalue weighted by Gasteiger charge is -2.11. The number of fused-ring (bicyclic) bond motifs is 1. The Morgan fingerprint density at radius 2 is 2.00 bits per heavy atom. The fraction of sp³-hybridized carbons (Fsp3) is 0.250. The van der Waals surface area contributed by atoms with Gasteiger partial charge in [0, 0.05) is 13.2 Å². The molecule has 4 nitrogen and oxygen atoms in total. The number of nitrogens with two attached hydrogens (primary N) is 1. The summed E-state index contributed by atoms with van der Waals surface area (Å²) < 4.78 is 2.06. The molecule has 102 valence electrons. The van der Waals surface area contributed by atoms with E-state index in [0.717, 1.165) is 29.7 Å². The zero-order valence-electron chi connectivity index (χ0n) is 11.5. The highest BCUT2D eigenvalue weighted by molar-refractivity contribution is 5.74. The molecule has 0 amide bonds. The smallest absolute Gasteiger partial charge is 0.126 e. The van der Waals surface area contributed by atoms with Crippen molar-refractivity contribution < 1.29 is 0 Å². The highest BCUT2D eigenvalue weighted by Crippen LogP contribution is 2.20. The van der Waals surface area contributed by atoms with Crippen LogP contribution in [0.25, 0.3) is 11.0 Å². The Hall–Kier alpha value is -2.20. The fourth-order valence-corrected chi connectivity index (χ4v) is 2.50. The van der Waals surface area contributed by atoms with Crippen molar-refractivity contribution in [3.63, 3.8) is 0 Å². The van der Waals surface area contributed by atoms with Crippen molar-refractivity contribution in [3.8, 4) is 0 Å². The zero-order valence-corrected chi connectivity index (χ0v) is 11.5. The van der Waals surface area contributed by atoms with Gasteiger partial charge < -0.3 is 10.3 Å². The molecule has 2 heterocycles. The SMILES string of the molecule is Cn1c(C(N)CCc2ccccc2)nc2cnccc21. The number of pyridine rings is 1. The lowest BCUT2D eigenvalue weighted by molar-refractivity contribution is 0.592. The standard InChI is InChI=1S/C16H18N4/c1-20-15-9-10-18-11-14(15)19-16(20)13(17)8-7-12-5-3-2-4-6-12/h2-6,9-11,13H,7-8,17H2,1H3. The highest BCUT2D eigenvalue weighted by Gasteiger charge is 2.14. The van der Waals surface area contributed by atoms with Crippen LogP contribution in [-0.2, 0) is 13.5 Å². The monoisotopic (exact) mass is 266 g/mol. The van der Waals surface area contributed by atoms with Crippen molar-refractivity contribution in [2.24, 2.45) is 12.8 Å². The average molecular weight is 266 g/mol. The van der Waals surface area contributed by atoms with Crippen LogP contribution in [0.15, 0.2) is 48.8 Å². The molecule has 2 N–H and O–H groups in total. The zero-order chi connectivity index (χ0) is 13.9. The summed E-state index contributed by atoms with van der Waals surface area (Å²) in [6.45, 7) is 0. The first-order valence-corrected chi connectivity index (χ1v) is 6.81.